The number of aromatic nitrogens is 3. The molecule has 3 N–H and O–H groups in total. The van der Waals surface area contributed by atoms with Crippen LogP contribution in [0.25, 0.3) is 5.52 Å². The fraction of sp³-hybridized carbons (Fsp3) is 0.654. The Bertz CT molecular complexity index is 1080. The van der Waals surface area contributed by atoms with Gasteiger partial charge >= 0.3 is 12.1 Å². The number of hydrogen-bond donors (Lipinski definition) is 3. The van der Waals surface area contributed by atoms with Crippen LogP contribution >= 0.6 is 0 Å². The molecular weight excluding hydrogens is 478 g/mol. The fourth-order valence-corrected chi connectivity index (χ4v) is 4.85. The molecule has 2 unspecified atom stereocenters. The average Bonchev–Trinajstić information content (AvgIpc) is 3.53. The highest BCUT2D eigenvalue weighted by molar-refractivity contribution is 5.88. The number of carbonyl (C=O) groups is 2. The van der Waals surface area contributed by atoms with Crippen LogP contribution < -0.4 is 5.32 Å². The fourth-order valence-electron chi connectivity index (χ4n) is 4.85. The molecule has 3 heterocycles. The van der Waals surface area contributed by atoms with Gasteiger partial charge in [0.15, 0.2) is 11.4 Å². The van der Waals surface area contributed by atoms with Crippen molar-refractivity contribution >= 4 is 23.4 Å². The molecule has 2 aromatic rings. The third kappa shape index (κ3) is 7.63. The van der Waals surface area contributed by atoms with Crippen LogP contribution in [0.2, 0.25) is 0 Å². The molecule has 0 radical (unpaired) electrons. The van der Waals surface area contributed by atoms with Crippen molar-refractivity contribution in [1.82, 2.24) is 14.6 Å². The maximum atomic E-state index is 12.0. The zero-order valence-corrected chi connectivity index (χ0v) is 21.4. The van der Waals surface area contributed by atoms with Gasteiger partial charge in [-0.2, -0.15) is 10.4 Å². The highest BCUT2D eigenvalue weighted by Crippen LogP contribution is 2.39. The van der Waals surface area contributed by atoms with Gasteiger partial charge in [0.1, 0.15) is 17.9 Å². The quantitative estimate of drug-likeness (QED) is 0.411. The number of carboxylic acid groups (broad SMARTS) is 1. The Balaban J connectivity index is 0.000000319. The molecule has 0 bridgehead atoms. The second-order valence-corrected chi connectivity index (χ2v) is 9.59. The number of carbonyl (C=O) groups excluding carboxylic acids is 1. The summed E-state index contributed by atoms with van der Waals surface area (Å²) < 4.78 is 12.5. The zero-order valence-electron chi connectivity index (χ0n) is 21.4. The summed E-state index contributed by atoms with van der Waals surface area (Å²) in [5, 5.41) is 34.3. The standard InChI is InChI=1S/C18H23N5O4.C8H14O2/c1-2-3-4-9-26-17(25)22-16-14-5-6-15(23(14)21-12-20-16)18(11-19)8-7-13(10-24)27-18;9-8(10)6-7-4-2-1-3-5-7/h5-6,12-13,24H,2-4,7-10H2,1H3,(H,20,21,22,25);7H,1-6H2,(H,9,10). The molecule has 37 heavy (non-hydrogen) atoms. The van der Waals surface area contributed by atoms with Crippen molar-refractivity contribution in [2.45, 2.75) is 89.3 Å². The monoisotopic (exact) mass is 515 g/mol. The van der Waals surface area contributed by atoms with Gasteiger partial charge < -0.3 is 19.7 Å². The molecule has 2 fully saturated rings. The number of nitriles is 1. The molecule has 1 aliphatic carbocycles. The Labute approximate surface area is 216 Å². The summed E-state index contributed by atoms with van der Waals surface area (Å²) in [7, 11) is 0. The first-order valence-corrected chi connectivity index (χ1v) is 13.1. The van der Waals surface area contributed by atoms with Crippen LogP contribution in [0.15, 0.2) is 18.5 Å². The topological polar surface area (TPSA) is 159 Å². The van der Waals surface area contributed by atoms with Crippen LogP contribution in [0.3, 0.4) is 0 Å². The van der Waals surface area contributed by atoms with Gasteiger partial charge in [0.05, 0.1) is 25.0 Å². The van der Waals surface area contributed by atoms with E-state index in [1.165, 1.54) is 30.1 Å². The van der Waals surface area contributed by atoms with Crippen molar-refractivity contribution in [3.05, 3.63) is 24.2 Å². The molecule has 2 aromatic heterocycles. The normalized spacial score (nSPS) is 21.6. The summed E-state index contributed by atoms with van der Waals surface area (Å²) in [5.41, 5.74) is -0.118. The smallest absolute Gasteiger partial charge is 0.412 e. The van der Waals surface area contributed by atoms with Crippen LogP contribution in [0.5, 0.6) is 0 Å². The second kappa shape index (κ2) is 13.9. The van der Waals surface area contributed by atoms with Crippen LogP contribution in [0.1, 0.15) is 83.2 Å². The number of fused-ring (bicyclic) bond motifs is 1. The lowest BCUT2D eigenvalue weighted by atomic mass is 9.87. The lowest BCUT2D eigenvalue weighted by Gasteiger charge is -2.21. The number of nitrogens with one attached hydrogen (secondary N) is 1. The molecule has 2 aliphatic rings. The van der Waals surface area contributed by atoms with Gasteiger partial charge in [0.25, 0.3) is 0 Å². The summed E-state index contributed by atoms with van der Waals surface area (Å²) >= 11 is 0. The largest absolute Gasteiger partial charge is 0.481 e. The molecule has 1 saturated carbocycles. The number of aliphatic carboxylic acids is 1. The molecule has 1 saturated heterocycles. The number of ether oxygens (including phenoxy) is 2. The van der Waals surface area contributed by atoms with Crippen LogP contribution in [0.4, 0.5) is 10.6 Å². The molecule has 4 rings (SSSR count). The van der Waals surface area contributed by atoms with E-state index in [2.05, 4.69) is 28.4 Å². The summed E-state index contributed by atoms with van der Waals surface area (Å²) in [4.78, 5) is 26.3. The Kier molecular flexibility index (Phi) is 10.7. The summed E-state index contributed by atoms with van der Waals surface area (Å²) in [6.07, 6.45) is 10.6. The SMILES string of the molecule is CCCCCOC(=O)Nc1ncnn2c(C3(C#N)CCC(CO)O3)ccc12.O=C(O)CC1CCCCC1. The van der Waals surface area contributed by atoms with Gasteiger partial charge in [-0.1, -0.05) is 39.0 Å². The lowest BCUT2D eigenvalue weighted by Crippen LogP contribution is -2.28. The number of hydrogen-bond acceptors (Lipinski definition) is 8. The van der Waals surface area contributed by atoms with Gasteiger partial charge in [-0.3, -0.25) is 10.1 Å². The molecular formula is C26H37N5O6. The Morgan fingerprint density at radius 2 is 2.05 bits per heavy atom. The van der Waals surface area contributed by atoms with Crippen LogP contribution in [0, 0.1) is 17.2 Å². The molecule has 2 atom stereocenters. The maximum Gasteiger partial charge on any atom is 0.412 e. The minimum absolute atomic E-state index is 0.140. The van der Waals surface area contributed by atoms with Gasteiger partial charge in [0, 0.05) is 6.42 Å². The van der Waals surface area contributed by atoms with E-state index in [9.17, 15) is 20.0 Å². The van der Waals surface area contributed by atoms with Gasteiger partial charge in [-0.25, -0.2) is 14.3 Å². The third-order valence-electron chi connectivity index (χ3n) is 6.83. The van der Waals surface area contributed by atoms with Crippen molar-refractivity contribution in [1.29, 1.82) is 5.26 Å². The highest BCUT2D eigenvalue weighted by atomic mass is 16.5. The summed E-state index contributed by atoms with van der Waals surface area (Å²) in [6, 6.07) is 5.66. The first-order valence-electron chi connectivity index (χ1n) is 13.1. The number of aliphatic hydroxyl groups excluding tert-OH is 1. The second-order valence-electron chi connectivity index (χ2n) is 9.59. The zero-order chi connectivity index (χ0) is 26.7. The molecule has 1 amide bonds. The van der Waals surface area contributed by atoms with E-state index < -0.39 is 17.7 Å². The lowest BCUT2D eigenvalue weighted by molar-refractivity contribution is -0.138. The van der Waals surface area contributed by atoms with Crippen LogP contribution in [-0.4, -0.2) is 56.2 Å². The van der Waals surface area contributed by atoms with E-state index in [4.69, 9.17) is 14.6 Å². The van der Waals surface area contributed by atoms with Crippen molar-refractivity contribution in [2.24, 2.45) is 5.92 Å². The number of amides is 1. The van der Waals surface area contributed by atoms with E-state index in [1.54, 1.807) is 12.1 Å². The number of nitrogens with zero attached hydrogens (tertiary/aromatic N) is 4. The number of aliphatic hydroxyl groups is 1. The van der Waals surface area contributed by atoms with Gasteiger partial charge in [0.2, 0.25) is 0 Å². The summed E-state index contributed by atoms with van der Waals surface area (Å²) in [5.74, 6) is 0.139. The molecule has 11 nitrogen and oxygen atoms in total. The Morgan fingerprint density at radius 3 is 2.70 bits per heavy atom. The molecule has 0 aromatic carbocycles. The maximum absolute atomic E-state index is 12.0. The van der Waals surface area contributed by atoms with E-state index in [1.807, 2.05) is 0 Å². The van der Waals surface area contributed by atoms with Gasteiger partial charge in [-0.15, -0.1) is 0 Å². The minimum Gasteiger partial charge on any atom is -0.481 e. The first kappa shape index (κ1) is 28.3. The minimum atomic E-state index is -1.19. The highest BCUT2D eigenvalue weighted by Gasteiger charge is 2.44. The predicted octanol–water partition coefficient (Wildman–Crippen LogP) is 4.40. The third-order valence-corrected chi connectivity index (χ3v) is 6.83. The van der Waals surface area contributed by atoms with Crippen LogP contribution in [-0.2, 0) is 19.9 Å². The number of unbranched alkanes of at least 4 members (excludes halogenated alkanes) is 2. The van der Waals surface area contributed by atoms with Crippen molar-refractivity contribution < 1.29 is 29.3 Å². The average molecular weight is 516 g/mol. The van der Waals surface area contributed by atoms with Crippen molar-refractivity contribution in [3.63, 3.8) is 0 Å². The van der Waals surface area contributed by atoms with Crippen molar-refractivity contribution in [3.8, 4) is 6.07 Å². The van der Waals surface area contributed by atoms with E-state index in [0.29, 0.717) is 48.8 Å². The molecule has 1 aliphatic heterocycles. The van der Waals surface area contributed by atoms with Crippen molar-refractivity contribution in [2.75, 3.05) is 18.5 Å². The Hall–Kier alpha value is -3.23. The summed E-state index contributed by atoms with van der Waals surface area (Å²) in [6.45, 7) is 2.28. The van der Waals surface area contributed by atoms with E-state index >= 15 is 0 Å². The number of carboxylic acids is 1. The molecule has 202 valence electrons. The predicted molar refractivity (Wildman–Crippen MR) is 135 cm³/mol. The molecule has 11 heteroatoms. The van der Waals surface area contributed by atoms with E-state index in [0.717, 1.165) is 32.1 Å². The first-order chi connectivity index (χ1) is 17.9. The van der Waals surface area contributed by atoms with Gasteiger partial charge in [-0.05, 0) is 50.2 Å². The Morgan fingerprint density at radius 1 is 1.27 bits per heavy atom. The number of rotatable bonds is 9. The molecule has 0 spiro atoms. The number of anilines is 1. The van der Waals surface area contributed by atoms with E-state index in [-0.39, 0.29) is 12.7 Å².